The summed E-state index contributed by atoms with van der Waals surface area (Å²) >= 11 is 1.62. The molecule has 24 heavy (non-hydrogen) atoms. The van der Waals surface area contributed by atoms with Gasteiger partial charge >= 0.3 is 0 Å². The SMILES string of the molecule is COc1ccc(CNC(=O)CSCc2ccccc2C)cc1OC. The van der Waals surface area contributed by atoms with Crippen LogP contribution in [0.2, 0.25) is 0 Å². The highest BCUT2D eigenvalue weighted by Crippen LogP contribution is 2.27. The predicted molar refractivity (Wildman–Crippen MR) is 98.7 cm³/mol. The number of methoxy groups -OCH3 is 2. The molecule has 0 aromatic heterocycles. The topological polar surface area (TPSA) is 47.6 Å². The lowest BCUT2D eigenvalue weighted by atomic mass is 10.1. The molecule has 2 aromatic carbocycles. The molecule has 0 saturated heterocycles. The van der Waals surface area contributed by atoms with Gasteiger partial charge in [-0.3, -0.25) is 4.79 Å². The molecule has 0 fully saturated rings. The van der Waals surface area contributed by atoms with Gasteiger partial charge in [0.25, 0.3) is 0 Å². The van der Waals surface area contributed by atoms with Crippen LogP contribution in [0.3, 0.4) is 0 Å². The van der Waals surface area contributed by atoms with E-state index in [0.717, 1.165) is 11.3 Å². The third kappa shape index (κ3) is 5.20. The zero-order chi connectivity index (χ0) is 17.4. The van der Waals surface area contributed by atoms with Gasteiger partial charge in [-0.25, -0.2) is 0 Å². The molecule has 0 atom stereocenters. The summed E-state index contributed by atoms with van der Waals surface area (Å²) in [5.41, 5.74) is 3.51. The third-order valence-corrected chi connectivity index (χ3v) is 4.67. The number of hydrogen-bond acceptors (Lipinski definition) is 4. The maximum absolute atomic E-state index is 12.0. The molecule has 0 aliphatic carbocycles. The van der Waals surface area contributed by atoms with Gasteiger partial charge in [0.05, 0.1) is 20.0 Å². The minimum Gasteiger partial charge on any atom is -0.493 e. The molecule has 128 valence electrons. The molecule has 1 amide bonds. The van der Waals surface area contributed by atoms with Crippen molar-refractivity contribution >= 4 is 17.7 Å². The Balaban J connectivity index is 1.78. The van der Waals surface area contributed by atoms with E-state index in [1.54, 1.807) is 26.0 Å². The van der Waals surface area contributed by atoms with Crippen molar-refractivity contribution in [1.82, 2.24) is 5.32 Å². The van der Waals surface area contributed by atoms with E-state index in [1.165, 1.54) is 11.1 Å². The minimum absolute atomic E-state index is 0.0309. The molecular formula is C19H23NO3S. The fraction of sp³-hybridized carbons (Fsp3) is 0.316. The first-order valence-corrected chi connectivity index (χ1v) is 8.89. The third-order valence-electron chi connectivity index (χ3n) is 3.69. The Labute approximate surface area is 147 Å². The highest BCUT2D eigenvalue weighted by molar-refractivity contribution is 7.99. The van der Waals surface area contributed by atoms with Gasteiger partial charge in [-0.05, 0) is 35.7 Å². The van der Waals surface area contributed by atoms with Crippen LogP contribution in [-0.2, 0) is 17.1 Å². The van der Waals surface area contributed by atoms with Crippen molar-refractivity contribution in [2.75, 3.05) is 20.0 Å². The van der Waals surface area contributed by atoms with Crippen LogP contribution in [0.25, 0.3) is 0 Å². The van der Waals surface area contributed by atoms with E-state index in [0.29, 0.717) is 23.8 Å². The van der Waals surface area contributed by atoms with Crippen LogP contribution >= 0.6 is 11.8 Å². The van der Waals surface area contributed by atoms with Gasteiger partial charge in [0.2, 0.25) is 5.91 Å². The number of aryl methyl sites for hydroxylation is 1. The predicted octanol–water partition coefficient (Wildman–Crippen LogP) is 3.56. The van der Waals surface area contributed by atoms with Crippen molar-refractivity contribution in [2.24, 2.45) is 0 Å². The van der Waals surface area contributed by atoms with Gasteiger partial charge in [0.1, 0.15) is 0 Å². The Morgan fingerprint density at radius 2 is 1.83 bits per heavy atom. The van der Waals surface area contributed by atoms with Gasteiger partial charge in [-0.2, -0.15) is 0 Å². The smallest absolute Gasteiger partial charge is 0.230 e. The second-order valence-corrected chi connectivity index (χ2v) is 6.37. The number of rotatable bonds is 8. The number of carbonyl (C=O) groups excluding carboxylic acids is 1. The monoisotopic (exact) mass is 345 g/mol. The summed E-state index contributed by atoms with van der Waals surface area (Å²) in [5.74, 6) is 2.67. The lowest BCUT2D eigenvalue weighted by Gasteiger charge is -2.10. The molecule has 5 heteroatoms. The van der Waals surface area contributed by atoms with Crippen molar-refractivity contribution in [3.05, 3.63) is 59.2 Å². The Kier molecular flexibility index (Phi) is 7.00. The van der Waals surface area contributed by atoms with Crippen molar-refractivity contribution < 1.29 is 14.3 Å². The van der Waals surface area contributed by atoms with Crippen molar-refractivity contribution in [1.29, 1.82) is 0 Å². The standard InChI is InChI=1S/C19H23NO3S/c1-14-6-4-5-7-16(14)12-24-13-19(21)20-11-15-8-9-17(22-2)18(10-15)23-3/h4-10H,11-13H2,1-3H3,(H,20,21). The highest BCUT2D eigenvalue weighted by atomic mass is 32.2. The van der Waals surface area contributed by atoms with E-state index in [-0.39, 0.29) is 5.91 Å². The fourth-order valence-corrected chi connectivity index (χ4v) is 3.20. The zero-order valence-electron chi connectivity index (χ0n) is 14.3. The van der Waals surface area contributed by atoms with Crippen LogP contribution in [0.1, 0.15) is 16.7 Å². The maximum Gasteiger partial charge on any atom is 0.230 e. The van der Waals surface area contributed by atoms with Crippen LogP contribution in [0, 0.1) is 6.92 Å². The van der Waals surface area contributed by atoms with Crippen molar-refractivity contribution in [3.8, 4) is 11.5 Å². The average molecular weight is 345 g/mol. The highest BCUT2D eigenvalue weighted by Gasteiger charge is 2.07. The van der Waals surface area contributed by atoms with Crippen LogP contribution in [0.15, 0.2) is 42.5 Å². The van der Waals surface area contributed by atoms with Crippen LogP contribution in [-0.4, -0.2) is 25.9 Å². The molecule has 0 aliphatic heterocycles. The van der Waals surface area contributed by atoms with Gasteiger partial charge in [-0.1, -0.05) is 30.3 Å². The summed E-state index contributed by atoms with van der Waals surface area (Å²) < 4.78 is 10.5. The Morgan fingerprint density at radius 3 is 2.54 bits per heavy atom. The van der Waals surface area contributed by atoms with Crippen LogP contribution in [0.4, 0.5) is 0 Å². The molecule has 0 spiro atoms. The number of carbonyl (C=O) groups is 1. The minimum atomic E-state index is 0.0309. The second kappa shape index (κ2) is 9.23. The van der Waals surface area contributed by atoms with Crippen LogP contribution < -0.4 is 14.8 Å². The number of hydrogen-bond donors (Lipinski definition) is 1. The molecule has 0 aliphatic rings. The molecular weight excluding hydrogens is 322 g/mol. The molecule has 2 aromatic rings. The van der Waals surface area contributed by atoms with Gasteiger partial charge in [-0.15, -0.1) is 11.8 Å². The van der Waals surface area contributed by atoms with E-state index < -0.39 is 0 Å². The van der Waals surface area contributed by atoms with E-state index in [1.807, 2.05) is 30.3 Å². The summed E-state index contributed by atoms with van der Waals surface area (Å²) in [7, 11) is 3.20. The Morgan fingerprint density at radius 1 is 1.08 bits per heavy atom. The molecule has 1 N–H and O–H groups in total. The lowest BCUT2D eigenvalue weighted by Crippen LogP contribution is -2.24. The van der Waals surface area contributed by atoms with Gasteiger partial charge in [0.15, 0.2) is 11.5 Å². The van der Waals surface area contributed by atoms with Crippen molar-refractivity contribution in [2.45, 2.75) is 19.2 Å². The average Bonchev–Trinajstić information content (AvgIpc) is 2.61. The summed E-state index contributed by atoms with van der Waals surface area (Å²) in [6.07, 6.45) is 0. The largest absolute Gasteiger partial charge is 0.493 e. The van der Waals surface area contributed by atoms with Gasteiger partial charge < -0.3 is 14.8 Å². The fourth-order valence-electron chi connectivity index (χ4n) is 2.27. The van der Waals surface area contributed by atoms with Crippen molar-refractivity contribution in [3.63, 3.8) is 0 Å². The summed E-state index contributed by atoms with van der Waals surface area (Å²) in [6.45, 7) is 2.57. The molecule has 0 heterocycles. The van der Waals surface area contributed by atoms with E-state index in [4.69, 9.17) is 9.47 Å². The first-order valence-electron chi connectivity index (χ1n) is 7.74. The molecule has 2 rings (SSSR count). The number of amides is 1. The number of nitrogens with one attached hydrogen (secondary N) is 1. The van der Waals surface area contributed by atoms with Crippen LogP contribution in [0.5, 0.6) is 11.5 Å². The molecule has 0 unspecified atom stereocenters. The van der Waals surface area contributed by atoms with Gasteiger partial charge in [0, 0.05) is 12.3 Å². The molecule has 4 nitrogen and oxygen atoms in total. The quantitative estimate of drug-likeness (QED) is 0.795. The zero-order valence-corrected chi connectivity index (χ0v) is 15.1. The number of thioether (sulfide) groups is 1. The lowest BCUT2D eigenvalue weighted by molar-refractivity contribution is -0.118. The first-order chi connectivity index (χ1) is 11.6. The van der Waals surface area contributed by atoms with E-state index in [9.17, 15) is 4.79 Å². The Hall–Kier alpha value is -2.14. The number of benzene rings is 2. The normalized spacial score (nSPS) is 10.3. The van der Waals surface area contributed by atoms with E-state index in [2.05, 4.69) is 24.4 Å². The molecule has 0 saturated carbocycles. The number of ether oxygens (including phenoxy) is 2. The molecule has 0 bridgehead atoms. The first kappa shape index (κ1) is 18.2. The summed E-state index contributed by atoms with van der Waals surface area (Å²) in [4.78, 5) is 12.0. The summed E-state index contributed by atoms with van der Waals surface area (Å²) in [5, 5.41) is 2.93. The maximum atomic E-state index is 12.0. The Bertz CT molecular complexity index is 688. The second-order valence-electron chi connectivity index (χ2n) is 5.39. The molecule has 0 radical (unpaired) electrons. The van der Waals surface area contributed by atoms with E-state index >= 15 is 0 Å². The summed E-state index contributed by atoms with van der Waals surface area (Å²) in [6, 6.07) is 13.9.